The molecule has 0 aliphatic heterocycles. The van der Waals surface area contributed by atoms with Gasteiger partial charge in [0, 0.05) is 6.42 Å². The average Bonchev–Trinajstić information content (AvgIpc) is 2.50. The normalized spacial score (nSPS) is 11.6. The van der Waals surface area contributed by atoms with E-state index in [2.05, 4.69) is 0 Å². The monoisotopic (exact) mass is 393 g/mol. The Morgan fingerprint density at radius 3 is 1.68 bits per heavy atom. The number of carboxylic acids is 1. The third-order valence-electron chi connectivity index (χ3n) is 3.45. The van der Waals surface area contributed by atoms with Gasteiger partial charge in [0.05, 0.1) is 6.54 Å². The summed E-state index contributed by atoms with van der Waals surface area (Å²) in [6, 6.07) is 7.33. The Labute approximate surface area is 166 Å². The summed E-state index contributed by atoms with van der Waals surface area (Å²) < 4.78 is 10.7. The third kappa shape index (κ3) is 9.39. The molecule has 0 saturated carbocycles. The lowest BCUT2D eigenvalue weighted by Crippen LogP contribution is -2.43. The van der Waals surface area contributed by atoms with Crippen LogP contribution in [0.3, 0.4) is 0 Å². The number of ether oxygens (including phenoxy) is 2. The SMILES string of the molecule is CC(C)(C)OC(=O)N(Cc1ccc(CCCC(=O)O)cc1)C(=O)OC(C)(C)C. The summed E-state index contributed by atoms with van der Waals surface area (Å²) in [6.07, 6.45) is -0.225. The van der Waals surface area contributed by atoms with Crippen LogP contribution >= 0.6 is 0 Å². The zero-order valence-electron chi connectivity index (χ0n) is 17.6. The van der Waals surface area contributed by atoms with E-state index in [0.717, 1.165) is 16.0 Å². The first-order valence-corrected chi connectivity index (χ1v) is 9.30. The molecule has 0 radical (unpaired) electrons. The fourth-order valence-corrected chi connectivity index (χ4v) is 2.28. The van der Waals surface area contributed by atoms with Crippen molar-refractivity contribution < 1.29 is 29.0 Å². The molecule has 1 N–H and O–H groups in total. The van der Waals surface area contributed by atoms with Crippen LogP contribution in [-0.4, -0.2) is 39.4 Å². The number of amides is 2. The molecule has 156 valence electrons. The van der Waals surface area contributed by atoms with Crippen molar-refractivity contribution in [2.24, 2.45) is 0 Å². The Morgan fingerprint density at radius 2 is 1.29 bits per heavy atom. The highest BCUT2D eigenvalue weighted by atomic mass is 16.6. The summed E-state index contributed by atoms with van der Waals surface area (Å²) in [4.78, 5) is 36.6. The van der Waals surface area contributed by atoms with Crippen molar-refractivity contribution in [1.29, 1.82) is 0 Å². The summed E-state index contributed by atoms with van der Waals surface area (Å²) in [6.45, 7) is 10.4. The molecule has 0 spiro atoms. The van der Waals surface area contributed by atoms with Crippen LogP contribution in [0, 0.1) is 0 Å². The molecule has 0 fully saturated rings. The molecule has 7 heteroatoms. The highest BCUT2D eigenvalue weighted by molar-refractivity contribution is 5.88. The predicted molar refractivity (Wildman–Crippen MR) is 105 cm³/mol. The fraction of sp³-hybridized carbons (Fsp3) is 0.571. The lowest BCUT2D eigenvalue weighted by atomic mass is 10.1. The van der Waals surface area contributed by atoms with E-state index in [1.165, 1.54) is 0 Å². The third-order valence-corrected chi connectivity index (χ3v) is 3.45. The minimum Gasteiger partial charge on any atom is -0.481 e. The molecule has 0 aromatic heterocycles. The van der Waals surface area contributed by atoms with Gasteiger partial charge in [-0.15, -0.1) is 0 Å². The Hall–Kier alpha value is -2.57. The van der Waals surface area contributed by atoms with Crippen LogP contribution < -0.4 is 0 Å². The van der Waals surface area contributed by atoms with E-state index in [4.69, 9.17) is 14.6 Å². The molecule has 1 aromatic carbocycles. The van der Waals surface area contributed by atoms with Gasteiger partial charge in [0.25, 0.3) is 0 Å². The van der Waals surface area contributed by atoms with Crippen LogP contribution in [0.4, 0.5) is 9.59 Å². The smallest absolute Gasteiger partial charge is 0.420 e. The Balaban J connectivity index is 2.88. The number of aliphatic carboxylic acids is 1. The molecule has 0 heterocycles. The van der Waals surface area contributed by atoms with Gasteiger partial charge in [-0.1, -0.05) is 24.3 Å². The van der Waals surface area contributed by atoms with Gasteiger partial charge in [0.1, 0.15) is 11.2 Å². The van der Waals surface area contributed by atoms with E-state index in [0.29, 0.717) is 12.8 Å². The molecule has 0 unspecified atom stereocenters. The van der Waals surface area contributed by atoms with Gasteiger partial charge in [0.2, 0.25) is 0 Å². The molecule has 0 aliphatic rings. The molecule has 1 rings (SSSR count). The number of carbonyl (C=O) groups is 3. The van der Waals surface area contributed by atoms with Gasteiger partial charge >= 0.3 is 18.2 Å². The number of aryl methyl sites for hydroxylation is 1. The van der Waals surface area contributed by atoms with Gasteiger partial charge in [0.15, 0.2) is 0 Å². The van der Waals surface area contributed by atoms with Crippen molar-refractivity contribution >= 4 is 18.2 Å². The van der Waals surface area contributed by atoms with Gasteiger partial charge < -0.3 is 14.6 Å². The standard InChI is InChI=1S/C21H31NO6/c1-20(2,3)27-18(25)22(19(26)28-21(4,5)6)14-16-12-10-15(11-13-16)8-7-9-17(23)24/h10-13H,7-9,14H2,1-6H3,(H,23,24). The largest absolute Gasteiger partial charge is 0.481 e. The van der Waals surface area contributed by atoms with Gasteiger partial charge in [-0.3, -0.25) is 4.79 Å². The number of carboxylic acid groups (broad SMARTS) is 1. The lowest BCUT2D eigenvalue weighted by Gasteiger charge is -2.28. The lowest BCUT2D eigenvalue weighted by molar-refractivity contribution is -0.137. The van der Waals surface area contributed by atoms with E-state index in [-0.39, 0.29) is 13.0 Å². The van der Waals surface area contributed by atoms with Crippen molar-refractivity contribution in [2.45, 2.75) is 78.6 Å². The average molecular weight is 393 g/mol. The number of imide groups is 1. The Bertz CT molecular complexity index is 654. The second-order valence-electron chi connectivity index (χ2n) is 8.61. The topological polar surface area (TPSA) is 93.1 Å². The quantitative estimate of drug-likeness (QED) is 0.748. The maximum Gasteiger partial charge on any atom is 0.420 e. The molecular weight excluding hydrogens is 362 g/mol. The summed E-state index contributed by atoms with van der Waals surface area (Å²) in [5.74, 6) is -0.818. The zero-order chi connectivity index (χ0) is 21.5. The number of benzene rings is 1. The number of hydrogen-bond donors (Lipinski definition) is 1. The van der Waals surface area contributed by atoms with Crippen LogP contribution in [0.2, 0.25) is 0 Å². The summed E-state index contributed by atoms with van der Waals surface area (Å²) >= 11 is 0. The Kier molecular flexibility index (Phi) is 8.02. The van der Waals surface area contributed by atoms with Crippen molar-refractivity contribution in [3.63, 3.8) is 0 Å². The predicted octanol–water partition coefficient (Wildman–Crippen LogP) is 4.77. The molecule has 0 bridgehead atoms. The van der Waals surface area contributed by atoms with E-state index < -0.39 is 29.4 Å². The first-order valence-electron chi connectivity index (χ1n) is 9.30. The second-order valence-corrected chi connectivity index (χ2v) is 8.61. The fourth-order valence-electron chi connectivity index (χ4n) is 2.28. The molecule has 0 atom stereocenters. The van der Waals surface area contributed by atoms with Crippen LogP contribution in [-0.2, 0) is 27.2 Å². The van der Waals surface area contributed by atoms with Crippen LogP contribution in [0.25, 0.3) is 0 Å². The summed E-state index contributed by atoms with van der Waals surface area (Å²) in [5, 5.41) is 8.71. The summed E-state index contributed by atoms with van der Waals surface area (Å²) in [5.41, 5.74) is 0.237. The minimum atomic E-state index is -0.818. The first kappa shape index (κ1) is 23.5. The van der Waals surface area contributed by atoms with Crippen LogP contribution in [0.15, 0.2) is 24.3 Å². The summed E-state index contributed by atoms with van der Waals surface area (Å²) in [7, 11) is 0. The van der Waals surface area contributed by atoms with Crippen LogP contribution in [0.5, 0.6) is 0 Å². The van der Waals surface area contributed by atoms with E-state index in [1.807, 2.05) is 12.1 Å². The second kappa shape index (κ2) is 9.57. The van der Waals surface area contributed by atoms with Crippen molar-refractivity contribution in [3.8, 4) is 0 Å². The zero-order valence-corrected chi connectivity index (χ0v) is 17.6. The molecule has 7 nitrogen and oxygen atoms in total. The van der Waals surface area contributed by atoms with E-state index in [9.17, 15) is 14.4 Å². The molecule has 2 amide bonds. The van der Waals surface area contributed by atoms with E-state index >= 15 is 0 Å². The molecule has 1 aromatic rings. The molecule has 28 heavy (non-hydrogen) atoms. The minimum absolute atomic E-state index is 0.0131. The van der Waals surface area contributed by atoms with Crippen molar-refractivity contribution in [3.05, 3.63) is 35.4 Å². The van der Waals surface area contributed by atoms with Gasteiger partial charge in [-0.05, 0) is 65.5 Å². The van der Waals surface area contributed by atoms with Crippen molar-refractivity contribution in [2.75, 3.05) is 0 Å². The number of rotatable bonds is 6. The maximum atomic E-state index is 12.5. The highest BCUT2D eigenvalue weighted by Gasteiger charge is 2.31. The van der Waals surface area contributed by atoms with Crippen LogP contribution in [0.1, 0.15) is 65.5 Å². The number of hydrogen-bond acceptors (Lipinski definition) is 5. The molecular formula is C21H31NO6. The molecule has 0 aliphatic carbocycles. The molecule has 0 saturated heterocycles. The number of carbonyl (C=O) groups excluding carboxylic acids is 2. The highest BCUT2D eigenvalue weighted by Crippen LogP contribution is 2.18. The van der Waals surface area contributed by atoms with E-state index in [1.54, 1.807) is 53.7 Å². The van der Waals surface area contributed by atoms with Gasteiger partial charge in [-0.25, -0.2) is 14.5 Å². The van der Waals surface area contributed by atoms with Crippen molar-refractivity contribution in [1.82, 2.24) is 4.90 Å². The van der Waals surface area contributed by atoms with Gasteiger partial charge in [-0.2, -0.15) is 0 Å². The Morgan fingerprint density at radius 1 is 0.857 bits per heavy atom. The first-order chi connectivity index (χ1) is 12.8. The maximum absolute atomic E-state index is 12.5. The number of nitrogens with zero attached hydrogens (tertiary/aromatic N) is 1.